The second-order valence-electron chi connectivity index (χ2n) is 7.48. The molecule has 146 valence electrons. The monoisotopic (exact) mass is 408 g/mol. The third-order valence-electron chi connectivity index (χ3n) is 5.90. The Bertz CT molecular complexity index is 1070. The van der Waals surface area contributed by atoms with E-state index in [4.69, 9.17) is 16.1 Å². The second-order valence-corrected chi connectivity index (χ2v) is 7.87. The summed E-state index contributed by atoms with van der Waals surface area (Å²) in [6.45, 7) is 0. The van der Waals surface area contributed by atoms with Crippen LogP contribution >= 0.6 is 11.6 Å². The minimum atomic E-state index is -0.656. The van der Waals surface area contributed by atoms with Crippen molar-refractivity contribution in [1.82, 2.24) is 20.0 Å². The summed E-state index contributed by atoms with van der Waals surface area (Å²) in [6, 6.07) is 8.28. The van der Waals surface area contributed by atoms with Crippen molar-refractivity contribution in [2.45, 2.75) is 43.4 Å². The van der Waals surface area contributed by atoms with E-state index in [0.717, 1.165) is 35.7 Å². The zero-order valence-electron chi connectivity index (χ0n) is 15.4. The number of hydrazine groups is 1. The van der Waals surface area contributed by atoms with E-state index in [-0.39, 0.29) is 6.17 Å². The number of benzene rings is 1. The molecule has 3 aliphatic heterocycles. The summed E-state index contributed by atoms with van der Waals surface area (Å²) in [5.41, 5.74) is 1.26. The number of nitriles is 1. The van der Waals surface area contributed by atoms with Crippen LogP contribution in [0.4, 0.5) is 11.7 Å². The lowest BCUT2D eigenvalue weighted by Crippen LogP contribution is -2.48. The maximum Gasteiger partial charge on any atom is 0.348 e. The van der Waals surface area contributed by atoms with Gasteiger partial charge in [-0.25, -0.2) is 14.9 Å². The summed E-state index contributed by atoms with van der Waals surface area (Å²) in [6.07, 6.45) is 9.83. The predicted octanol–water partition coefficient (Wildman–Crippen LogP) is 3.43. The smallest absolute Gasteiger partial charge is 0.313 e. The molecule has 0 N–H and O–H groups in total. The van der Waals surface area contributed by atoms with Crippen LogP contribution in [0.15, 0.2) is 45.8 Å². The highest BCUT2D eigenvalue weighted by atomic mass is 35.5. The number of aliphatic imine (C=N–C) groups is 1. The van der Waals surface area contributed by atoms with Crippen LogP contribution in [0.2, 0.25) is 0 Å². The maximum atomic E-state index is 9.50. The van der Waals surface area contributed by atoms with Gasteiger partial charge in [0.05, 0.1) is 11.9 Å². The molecule has 0 amide bonds. The molecule has 0 bridgehead atoms. The Morgan fingerprint density at radius 2 is 2.03 bits per heavy atom. The van der Waals surface area contributed by atoms with Crippen molar-refractivity contribution in [3.05, 3.63) is 47.7 Å². The largest absolute Gasteiger partial charge is 0.348 e. The molecule has 1 aliphatic carbocycles. The molecule has 1 aromatic carbocycles. The van der Waals surface area contributed by atoms with Crippen molar-refractivity contribution in [2.75, 3.05) is 9.91 Å². The SMILES string of the molecule is N#CN1C=C2N(c3ccccc3C3N=CN(c4nc(C5CCCC5)no4)N23)C1Cl. The zero-order chi connectivity index (χ0) is 19.5. The molecule has 2 unspecified atom stereocenters. The van der Waals surface area contributed by atoms with Crippen LogP contribution in [0, 0.1) is 11.5 Å². The van der Waals surface area contributed by atoms with E-state index in [1.807, 2.05) is 34.2 Å². The number of aromatic nitrogens is 2. The van der Waals surface area contributed by atoms with E-state index in [1.54, 1.807) is 17.5 Å². The minimum absolute atomic E-state index is 0.293. The van der Waals surface area contributed by atoms with Crippen LogP contribution in [-0.4, -0.2) is 32.0 Å². The molecule has 10 heteroatoms. The molecule has 2 aromatic rings. The number of fused-ring (bicyclic) bond motifs is 6. The fraction of sp³-hybridized carbons (Fsp3) is 0.368. The van der Waals surface area contributed by atoms with Crippen molar-refractivity contribution in [2.24, 2.45) is 4.99 Å². The number of alkyl halides is 1. The first kappa shape index (κ1) is 16.7. The first-order valence-corrected chi connectivity index (χ1v) is 10.1. The third-order valence-corrected chi connectivity index (χ3v) is 6.30. The van der Waals surface area contributed by atoms with E-state index in [1.165, 1.54) is 17.7 Å². The molecule has 1 fully saturated rings. The standard InChI is InChI=1S/C19H17ClN8O/c20-18-25(10-21)9-15-27(18)14-8-4-3-7-13(14)17-22-11-26(28(15)17)19-23-16(24-29-19)12-5-1-2-6-12/h3-4,7-9,11-12,17-18H,1-2,5-6H2. The average molecular weight is 409 g/mol. The Balaban J connectivity index is 1.42. The Morgan fingerprint density at radius 1 is 1.21 bits per heavy atom. The Morgan fingerprint density at radius 3 is 2.86 bits per heavy atom. The number of para-hydroxylation sites is 1. The fourth-order valence-electron chi connectivity index (χ4n) is 4.51. The molecule has 29 heavy (non-hydrogen) atoms. The maximum absolute atomic E-state index is 9.50. The van der Waals surface area contributed by atoms with E-state index in [0.29, 0.717) is 11.9 Å². The molecule has 4 aliphatic rings. The summed E-state index contributed by atoms with van der Waals surface area (Å²) in [4.78, 5) is 12.7. The van der Waals surface area contributed by atoms with Crippen LogP contribution in [0.25, 0.3) is 0 Å². The quantitative estimate of drug-likeness (QED) is 0.424. The van der Waals surface area contributed by atoms with Crippen LogP contribution < -0.4 is 9.91 Å². The molecule has 9 nitrogen and oxygen atoms in total. The number of nitrogens with zero attached hydrogens (tertiary/aromatic N) is 8. The predicted molar refractivity (Wildman–Crippen MR) is 105 cm³/mol. The van der Waals surface area contributed by atoms with Crippen molar-refractivity contribution in [3.63, 3.8) is 0 Å². The van der Waals surface area contributed by atoms with Gasteiger partial charge in [0.15, 0.2) is 29.6 Å². The van der Waals surface area contributed by atoms with Gasteiger partial charge in [-0.1, -0.05) is 47.8 Å². The number of anilines is 2. The molecular formula is C19H17ClN8O. The summed E-state index contributed by atoms with van der Waals surface area (Å²) >= 11 is 6.59. The molecular weight excluding hydrogens is 392 g/mol. The Kier molecular flexibility index (Phi) is 3.52. The first-order valence-electron chi connectivity index (χ1n) is 9.63. The number of halogens is 1. The van der Waals surface area contributed by atoms with Gasteiger partial charge in [0.1, 0.15) is 6.34 Å². The third kappa shape index (κ3) is 2.29. The molecule has 0 spiro atoms. The zero-order valence-corrected chi connectivity index (χ0v) is 16.1. The Hall–Kier alpha value is -3.25. The van der Waals surface area contributed by atoms with Crippen LogP contribution in [0.5, 0.6) is 0 Å². The summed E-state index contributed by atoms with van der Waals surface area (Å²) in [5, 5.41) is 17.4. The van der Waals surface area contributed by atoms with Gasteiger partial charge in [-0.05, 0) is 18.9 Å². The highest BCUT2D eigenvalue weighted by Gasteiger charge is 2.48. The van der Waals surface area contributed by atoms with Gasteiger partial charge in [-0.3, -0.25) is 4.90 Å². The minimum Gasteiger partial charge on any atom is -0.313 e. The van der Waals surface area contributed by atoms with E-state index >= 15 is 0 Å². The molecule has 1 saturated carbocycles. The molecule has 0 saturated heterocycles. The molecule has 6 rings (SSSR count). The molecule has 4 heterocycles. The van der Waals surface area contributed by atoms with Gasteiger partial charge >= 0.3 is 6.01 Å². The molecule has 1 aromatic heterocycles. The highest BCUT2D eigenvalue weighted by molar-refractivity contribution is 6.22. The van der Waals surface area contributed by atoms with Gasteiger partial charge in [0.25, 0.3) is 0 Å². The van der Waals surface area contributed by atoms with Crippen molar-refractivity contribution in [3.8, 4) is 6.19 Å². The summed E-state index contributed by atoms with van der Waals surface area (Å²) in [7, 11) is 0. The molecule has 0 radical (unpaired) electrons. The van der Waals surface area contributed by atoms with Gasteiger partial charge < -0.3 is 4.52 Å². The lowest BCUT2D eigenvalue weighted by atomic mass is 10.1. The van der Waals surface area contributed by atoms with Crippen LogP contribution in [-0.2, 0) is 0 Å². The number of hydrogen-bond donors (Lipinski definition) is 0. The lowest BCUT2D eigenvalue weighted by Gasteiger charge is -2.42. The average Bonchev–Trinajstić information content (AvgIpc) is 3.52. The topological polar surface area (TPSA) is 88.0 Å². The van der Waals surface area contributed by atoms with Crippen molar-refractivity contribution in [1.29, 1.82) is 5.26 Å². The fourth-order valence-corrected chi connectivity index (χ4v) is 4.82. The summed E-state index contributed by atoms with van der Waals surface area (Å²) < 4.78 is 5.60. The lowest BCUT2D eigenvalue weighted by molar-refractivity contribution is 0.259. The van der Waals surface area contributed by atoms with Crippen molar-refractivity contribution >= 4 is 29.6 Å². The number of rotatable bonds is 2. The van der Waals surface area contributed by atoms with E-state index in [2.05, 4.69) is 21.3 Å². The van der Waals surface area contributed by atoms with Crippen LogP contribution in [0.3, 0.4) is 0 Å². The van der Waals surface area contributed by atoms with Crippen LogP contribution in [0.1, 0.15) is 49.2 Å². The number of hydrogen-bond acceptors (Lipinski definition) is 9. The second kappa shape index (κ2) is 6.12. The van der Waals surface area contributed by atoms with Crippen molar-refractivity contribution < 1.29 is 4.52 Å². The van der Waals surface area contributed by atoms with Gasteiger partial charge in [0, 0.05) is 11.5 Å². The Labute approximate surface area is 172 Å². The normalized spacial score (nSPS) is 25.2. The highest BCUT2D eigenvalue weighted by Crippen LogP contribution is 2.48. The van der Waals surface area contributed by atoms with E-state index < -0.39 is 5.62 Å². The first-order chi connectivity index (χ1) is 14.3. The van der Waals surface area contributed by atoms with E-state index in [9.17, 15) is 5.26 Å². The molecule has 2 atom stereocenters. The van der Waals surface area contributed by atoms with Gasteiger partial charge in [-0.2, -0.15) is 15.3 Å². The summed E-state index contributed by atoms with van der Waals surface area (Å²) in [5.74, 6) is 1.83. The van der Waals surface area contributed by atoms with Gasteiger partial charge in [0.2, 0.25) is 0 Å². The van der Waals surface area contributed by atoms with Gasteiger partial charge in [-0.15, -0.1) is 0 Å².